The van der Waals surface area contributed by atoms with Crippen LogP contribution in [0.3, 0.4) is 0 Å². The lowest BCUT2D eigenvalue weighted by atomic mass is 9.97. The number of methoxy groups -OCH3 is 1. The molecule has 1 aliphatic rings. The lowest BCUT2D eigenvalue weighted by Gasteiger charge is -2.29. The van der Waals surface area contributed by atoms with Gasteiger partial charge >= 0.3 is 5.97 Å². The van der Waals surface area contributed by atoms with Crippen LogP contribution in [-0.2, 0) is 20.9 Å². The summed E-state index contributed by atoms with van der Waals surface area (Å²) in [5, 5.41) is 3.55. The molecule has 1 heterocycles. The van der Waals surface area contributed by atoms with Gasteiger partial charge in [0.05, 0.1) is 19.6 Å². The predicted octanol–water partition coefficient (Wildman–Crippen LogP) is 1.84. The van der Waals surface area contributed by atoms with E-state index >= 15 is 0 Å². The monoisotopic (exact) mass is 324 g/mol. The van der Waals surface area contributed by atoms with Gasteiger partial charge in [0.1, 0.15) is 0 Å². The molecular weight excluding hydrogens is 304 g/mol. The first kappa shape index (κ1) is 16.8. The number of benzene rings is 1. The number of hydrogen-bond acceptors (Lipinski definition) is 4. The number of halogens is 1. The predicted molar refractivity (Wildman–Crippen MR) is 84.5 cm³/mol. The molecule has 0 saturated carbocycles. The Morgan fingerprint density at radius 1 is 1.36 bits per heavy atom. The van der Waals surface area contributed by atoms with Crippen molar-refractivity contribution in [2.75, 3.05) is 26.7 Å². The molecule has 0 aliphatic carbocycles. The highest BCUT2D eigenvalue weighted by molar-refractivity contribution is 6.30. The smallest absolute Gasteiger partial charge is 0.308 e. The second kappa shape index (κ2) is 8.15. The summed E-state index contributed by atoms with van der Waals surface area (Å²) in [6.45, 7) is 2.31. The second-order valence-electron chi connectivity index (χ2n) is 5.48. The maximum Gasteiger partial charge on any atom is 0.308 e. The maximum atomic E-state index is 12.0. The fourth-order valence-corrected chi connectivity index (χ4v) is 2.81. The fraction of sp³-hybridized carbons (Fsp3) is 0.500. The molecule has 5 nitrogen and oxygen atoms in total. The Hall–Kier alpha value is -1.59. The number of amides is 1. The van der Waals surface area contributed by atoms with Gasteiger partial charge in [-0.25, -0.2) is 0 Å². The van der Waals surface area contributed by atoms with Gasteiger partial charge in [-0.3, -0.25) is 14.5 Å². The molecule has 1 N–H and O–H groups in total. The number of likely N-dealkylation sites (tertiary alicyclic amines) is 1. The van der Waals surface area contributed by atoms with E-state index in [-0.39, 0.29) is 17.8 Å². The fourth-order valence-electron chi connectivity index (χ4n) is 2.60. The molecule has 0 aromatic heterocycles. The minimum Gasteiger partial charge on any atom is -0.469 e. The van der Waals surface area contributed by atoms with Gasteiger partial charge in [-0.05, 0) is 43.6 Å². The first-order chi connectivity index (χ1) is 10.6. The zero-order chi connectivity index (χ0) is 15.9. The van der Waals surface area contributed by atoms with Crippen LogP contribution in [0.5, 0.6) is 0 Å². The Morgan fingerprint density at radius 2 is 2.09 bits per heavy atom. The van der Waals surface area contributed by atoms with Crippen LogP contribution in [0, 0.1) is 5.92 Å². The van der Waals surface area contributed by atoms with Crippen molar-refractivity contribution in [3.05, 3.63) is 34.9 Å². The van der Waals surface area contributed by atoms with Crippen LogP contribution in [0.15, 0.2) is 24.3 Å². The van der Waals surface area contributed by atoms with Gasteiger partial charge in [-0.15, -0.1) is 0 Å². The molecule has 0 spiro atoms. The Kier molecular flexibility index (Phi) is 6.21. The minimum atomic E-state index is -0.148. The molecule has 0 radical (unpaired) electrons. The molecule has 1 amide bonds. The van der Waals surface area contributed by atoms with E-state index in [1.807, 2.05) is 18.2 Å². The van der Waals surface area contributed by atoms with Crippen LogP contribution < -0.4 is 5.32 Å². The highest BCUT2D eigenvalue weighted by Gasteiger charge is 2.26. The van der Waals surface area contributed by atoms with Gasteiger partial charge in [-0.1, -0.05) is 23.7 Å². The molecule has 6 heteroatoms. The summed E-state index contributed by atoms with van der Waals surface area (Å²) in [6.07, 6.45) is 1.49. The molecule has 120 valence electrons. The standard InChI is InChI=1S/C16H21ClN2O3/c1-22-16(21)13-5-7-19(8-6-13)11-15(20)18-10-12-3-2-4-14(17)9-12/h2-4,9,13H,5-8,10-11H2,1H3,(H,18,20). The van der Waals surface area contributed by atoms with Crippen LogP contribution in [-0.4, -0.2) is 43.5 Å². The molecular formula is C16H21ClN2O3. The number of esters is 1. The van der Waals surface area contributed by atoms with Crippen molar-refractivity contribution in [3.8, 4) is 0 Å². The van der Waals surface area contributed by atoms with Gasteiger partial charge in [-0.2, -0.15) is 0 Å². The molecule has 1 aromatic carbocycles. The van der Waals surface area contributed by atoms with E-state index < -0.39 is 0 Å². The summed E-state index contributed by atoms with van der Waals surface area (Å²) < 4.78 is 4.76. The van der Waals surface area contributed by atoms with Crippen LogP contribution in [0.2, 0.25) is 5.02 Å². The van der Waals surface area contributed by atoms with Crippen LogP contribution in [0.25, 0.3) is 0 Å². The van der Waals surface area contributed by atoms with Gasteiger partial charge in [0.25, 0.3) is 0 Å². The molecule has 0 unspecified atom stereocenters. The van der Waals surface area contributed by atoms with Crippen molar-refractivity contribution in [1.82, 2.24) is 10.2 Å². The highest BCUT2D eigenvalue weighted by Crippen LogP contribution is 2.18. The quantitative estimate of drug-likeness (QED) is 0.840. The summed E-state index contributed by atoms with van der Waals surface area (Å²) in [4.78, 5) is 25.5. The van der Waals surface area contributed by atoms with Crippen molar-refractivity contribution in [2.45, 2.75) is 19.4 Å². The van der Waals surface area contributed by atoms with Crippen molar-refractivity contribution >= 4 is 23.5 Å². The summed E-state index contributed by atoms with van der Waals surface area (Å²) in [5.41, 5.74) is 0.977. The number of carbonyl (C=O) groups excluding carboxylic acids is 2. The number of hydrogen-bond donors (Lipinski definition) is 1. The number of nitrogens with one attached hydrogen (secondary N) is 1. The summed E-state index contributed by atoms with van der Waals surface area (Å²) in [7, 11) is 1.41. The van der Waals surface area contributed by atoms with Crippen LogP contribution >= 0.6 is 11.6 Å². The lowest BCUT2D eigenvalue weighted by molar-refractivity contribution is -0.147. The third-order valence-electron chi connectivity index (χ3n) is 3.87. The zero-order valence-corrected chi connectivity index (χ0v) is 13.4. The number of carbonyl (C=O) groups is 2. The second-order valence-corrected chi connectivity index (χ2v) is 5.92. The van der Waals surface area contributed by atoms with E-state index in [9.17, 15) is 9.59 Å². The van der Waals surface area contributed by atoms with Gasteiger partial charge in [0.2, 0.25) is 5.91 Å². The van der Waals surface area contributed by atoms with Crippen molar-refractivity contribution < 1.29 is 14.3 Å². The van der Waals surface area contributed by atoms with E-state index in [2.05, 4.69) is 10.2 Å². The summed E-state index contributed by atoms with van der Waals surface area (Å²) >= 11 is 5.91. The molecule has 22 heavy (non-hydrogen) atoms. The maximum absolute atomic E-state index is 12.0. The average Bonchev–Trinajstić information content (AvgIpc) is 2.53. The minimum absolute atomic E-state index is 0.0171. The van der Waals surface area contributed by atoms with E-state index in [0.29, 0.717) is 18.1 Å². The van der Waals surface area contributed by atoms with E-state index in [0.717, 1.165) is 31.5 Å². The molecule has 1 saturated heterocycles. The molecule has 0 bridgehead atoms. The SMILES string of the molecule is COC(=O)C1CCN(CC(=O)NCc2cccc(Cl)c2)CC1. The van der Waals surface area contributed by atoms with E-state index in [1.54, 1.807) is 6.07 Å². The van der Waals surface area contributed by atoms with Crippen LogP contribution in [0.1, 0.15) is 18.4 Å². The average molecular weight is 325 g/mol. The normalized spacial score (nSPS) is 16.3. The first-order valence-electron chi connectivity index (χ1n) is 7.40. The molecule has 1 fully saturated rings. The number of ether oxygens (including phenoxy) is 1. The third-order valence-corrected chi connectivity index (χ3v) is 4.10. The Morgan fingerprint density at radius 3 is 2.73 bits per heavy atom. The number of nitrogens with zero attached hydrogens (tertiary/aromatic N) is 1. The molecule has 1 aliphatic heterocycles. The van der Waals surface area contributed by atoms with Crippen molar-refractivity contribution in [2.24, 2.45) is 5.92 Å². The van der Waals surface area contributed by atoms with Crippen LogP contribution in [0.4, 0.5) is 0 Å². The molecule has 0 atom stereocenters. The Bertz CT molecular complexity index is 528. The van der Waals surface area contributed by atoms with Gasteiger partial charge in [0.15, 0.2) is 0 Å². The topological polar surface area (TPSA) is 58.6 Å². The third kappa shape index (κ3) is 5.00. The number of rotatable bonds is 5. The van der Waals surface area contributed by atoms with Crippen molar-refractivity contribution in [3.63, 3.8) is 0 Å². The highest BCUT2D eigenvalue weighted by atomic mass is 35.5. The first-order valence-corrected chi connectivity index (χ1v) is 7.77. The lowest BCUT2D eigenvalue weighted by Crippen LogP contribution is -2.42. The van der Waals surface area contributed by atoms with E-state index in [1.165, 1.54) is 7.11 Å². The van der Waals surface area contributed by atoms with E-state index in [4.69, 9.17) is 16.3 Å². The Balaban J connectivity index is 1.71. The van der Waals surface area contributed by atoms with Crippen molar-refractivity contribution in [1.29, 1.82) is 0 Å². The molecule has 2 rings (SSSR count). The summed E-state index contributed by atoms with van der Waals surface area (Å²) in [5.74, 6) is -0.197. The number of piperidine rings is 1. The van der Waals surface area contributed by atoms with Gasteiger partial charge in [0, 0.05) is 11.6 Å². The van der Waals surface area contributed by atoms with Gasteiger partial charge < -0.3 is 10.1 Å². The Labute approximate surface area is 135 Å². The molecule has 1 aromatic rings. The summed E-state index contributed by atoms with van der Waals surface area (Å²) in [6, 6.07) is 7.43. The largest absolute Gasteiger partial charge is 0.469 e. The zero-order valence-electron chi connectivity index (χ0n) is 12.7.